The number of hydrogen-bond acceptors (Lipinski definition) is 3. The van der Waals surface area contributed by atoms with Crippen LogP contribution < -0.4 is 10.6 Å². The van der Waals surface area contributed by atoms with E-state index in [1.54, 1.807) is 0 Å². The van der Waals surface area contributed by atoms with Crippen molar-refractivity contribution in [2.45, 2.75) is 39.5 Å². The van der Waals surface area contributed by atoms with Crippen molar-refractivity contribution in [2.24, 2.45) is 5.92 Å². The van der Waals surface area contributed by atoms with E-state index >= 15 is 0 Å². The molecule has 1 fully saturated rings. The second kappa shape index (κ2) is 7.58. The standard InChI is InChI=1S/C19H26N4O.ClH/c1-13-5-7-15(8-6-13)23-17(11-16(22-23)19(2,3)4)21-18(24)14-9-10-20-12-14;/h5-8,11,14,20H,9-10,12H2,1-4H3,(H,21,24);1H. The highest BCUT2D eigenvalue weighted by atomic mass is 35.5. The van der Waals surface area contributed by atoms with E-state index in [0.717, 1.165) is 36.7 Å². The minimum atomic E-state index is -0.0790. The fourth-order valence-electron chi connectivity index (χ4n) is 2.83. The zero-order valence-electron chi connectivity index (χ0n) is 15.3. The van der Waals surface area contributed by atoms with Crippen molar-refractivity contribution in [1.82, 2.24) is 15.1 Å². The second-order valence-electron chi connectivity index (χ2n) is 7.59. The number of rotatable bonds is 3. The monoisotopic (exact) mass is 362 g/mol. The van der Waals surface area contributed by atoms with Crippen LogP contribution in [0.1, 0.15) is 38.4 Å². The molecule has 0 saturated carbocycles. The van der Waals surface area contributed by atoms with Gasteiger partial charge in [-0.15, -0.1) is 12.4 Å². The van der Waals surface area contributed by atoms with Crippen LogP contribution in [0.25, 0.3) is 5.69 Å². The molecule has 1 aromatic heterocycles. The molecule has 25 heavy (non-hydrogen) atoms. The third-order valence-electron chi connectivity index (χ3n) is 4.44. The van der Waals surface area contributed by atoms with Crippen molar-refractivity contribution in [3.05, 3.63) is 41.6 Å². The first-order valence-corrected chi connectivity index (χ1v) is 8.54. The van der Waals surface area contributed by atoms with Gasteiger partial charge in [0.1, 0.15) is 5.82 Å². The number of nitrogens with zero attached hydrogens (tertiary/aromatic N) is 2. The molecule has 6 heteroatoms. The predicted molar refractivity (Wildman–Crippen MR) is 104 cm³/mol. The van der Waals surface area contributed by atoms with Gasteiger partial charge >= 0.3 is 0 Å². The van der Waals surface area contributed by atoms with Crippen molar-refractivity contribution in [2.75, 3.05) is 18.4 Å². The van der Waals surface area contributed by atoms with Crippen LogP contribution >= 0.6 is 12.4 Å². The van der Waals surface area contributed by atoms with E-state index in [2.05, 4.69) is 50.5 Å². The molecule has 0 bridgehead atoms. The van der Waals surface area contributed by atoms with E-state index in [4.69, 9.17) is 5.10 Å². The highest BCUT2D eigenvalue weighted by Gasteiger charge is 2.25. The number of halogens is 1. The Hall–Kier alpha value is -1.85. The number of hydrogen-bond donors (Lipinski definition) is 2. The number of amides is 1. The molecule has 2 aromatic rings. The van der Waals surface area contributed by atoms with Gasteiger partial charge in [0.15, 0.2) is 0 Å². The third-order valence-corrected chi connectivity index (χ3v) is 4.44. The SMILES string of the molecule is Cc1ccc(-n2nc(C(C)(C)C)cc2NC(=O)C2CCNC2)cc1.Cl. The molecule has 1 unspecified atom stereocenters. The summed E-state index contributed by atoms with van der Waals surface area (Å²) in [5.41, 5.74) is 3.04. The lowest BCUT2D eigenvalue weighted by Crippen LogP contribution is -2.25. The molecule has 0 spiro atoms. The van der Waals surface area contributed by atoms with Crippen molar-refractivity contribution >= 4 is 24.1 Å². The van der Waals surface area contributed by atoms with E-state index in [0.29, 0.717) is 0 Å². The Kier molecular flexibility index (Phi) is 5.91. The molecule has 1 aliphatic heterocycles. The summed E-state index contributed by atoms with van der Waals surface area (Å²) in [4.78, 5) is 12.5. The number of nitrogens with one attached hydrogen (secondary N) is 2. The number of aromatic nitrogens is 2. The Morgan fingerprint density at radius 2 is 1.96 bits per heavy atom. The number of anilines is 1. The number of carbonyl (C=O) groups is 1. The largest absolute Gasteiger partial charge is 0.316 e. The lowest BCUT2D eigenvalue weighted by molar-refractivity contribution is -0.119. The fraction of sp³-hybridized carbons (Fsp3) is 0.474. The summed E-state index contributed by atoms with van der Waals surface area (Å²) >= 11 is 0. The number of carbonyl (C=O) groups excluding carboxylic acids is 1. The normalized spacial score (nSPS) is 17.2. The van der Waals surface area contributed by atoms with Gasteiger partial charge in [-0.3, -0.25) is 4.79 Å². The molecular formula is C19H27ClN4O. The molecule has 5 nitrogen and oxygen atoms in total. The minimum absolute atomic E-state index is 0. The smallest absolute Gasteiger partial charge is 0.229 e. The second-order valence-corrected chi connectivity index (χ2v) is 7.59. The number of aryl methyl sites for hydroxylation is 1. The quantitative estimate of drug-likeness (QED) is 0.879. The first-order valence-electron chi connectivity index (χ1n) is 8.54. The topological polar surface area (TPSA) is 59.0 Å². The molecule has 3 rings (SSSR count). The Morgan fingerprint density at radius 1 is 1.28 bits per heavy atom. The van der Waals surface area contributed by atoms with Crippen LogP contribution in [0.3, 0.4) is 0 Å². The van der Waals surface area contributed by atoms with Gasteiger partial charge in [0.2, 0.25) is 5.91 Å². The van der Waals surface area contributed by atoms with Gasteiger partial charge < -0.3 is 10.6 Å². The van der Waals surface area contributed by atoms with Gasteiger partial charge in [0.05, 0.1) is 17.3 Å². The molecular weight excluding hydrogens is 336 g/mol. The molecule has 1 saturated heterocycles. The van der Waals surface area contributed by atoms with E-state index in [1.165, 1.54) is 5.56 Å². The highest BCUT2D eigenvalue weighted by Crippen LogP contribution is 2.27. The van der Waals surface area contributed by atoms with Crippen LogP contribution in [0.2, 0.25) is 0 Å². The Bertz CT molecular complexity index is 725. The van der Waals surface area contributed by atoms with Gasteiger partial charge in [-0.1, -0.05) is 38.5 Å². The lowest BCUT2D eigenvalue weighted by atomic mass is 9.92. The minimum Gasteiger partial charge on any atom is -0.316 e. The summed E-state index contributed by atoms with van der Waals surface area (Å²) < 4.78 is 1.83. The van der Waals surface area contributed by atoms with E-state index in [-0.39, 0.29) is 29.6 Å². The Labute approximate surface area is 155 Å². The number of benzene rings is 1. The maximum Gasteiger partial charge on any atom is 0.229 e. The fourth-order valence-corrected chi connectivity index (χ4v) is 2.83. The van der Waals surface area contributed by atoms with Gasteiger partial charge in [0, 0.05) is 18.0 Å². The molecule has 1 atom stereocenters. The average Bonchev–Trinajstić information content (AvgIpc) is 3.16. The summed E-state index contributed by atoms with van der Waals surface area (Å²) in [6, 6.07) is 10.2. The first-order chi connectivity index (χ1) is 11.3. The Balaban J connectivity index is 0.00000225. The highest BCUT2D eigenvalue weighted by molar-refractivity contribution is 5.92. The molecule has 2 N–H and O–H groups in total. The van der Waals surface area contributed by atoms with Gasteiger partial charge in [0.25, 0.3) is 0 Å². The molecule has 1 aromatic carbocycles. The van der Waals surface area contributed by atoms with Crippen molar-refractivity contribution in [3.63, 3.8) is 0 Å². The van der Waals surface area contributed by atoms with Crippen LogP contribution in [-0.4, -0.2) is 28.8 Å². The van der Waals surface area contributed by atoms with Crippen LogP contribution in [0.4, 0.5) is 5.82 Å². The summed E-state index contributed by atoms with van der Waals surface area (Å²) in [6.45, 7) is 10.1. The molecule has 0 radical (unpaired) electrons. The van der Waals surface area contributed by atoms with Crippen LogP contribution in [0, 0.1) is 12.8 Å². The molecule has 1 amide bonds. The van der Waals surface area contributed by atoms with Crippen LogP contribution in [-0.2, 0) is 10.2 Å². The van der Waals surface area contributed by atoms with Crippen molar-refractivity contribution in [1.29, 1.82) is 0 Å². The maximum atomic E-state index is 12.5. The van der Waals surface area contributed by atoms with Gasteiger partial charge in [-0.05, 0) is 32.0 Å². The molecule has 0 aliphatic carbocycles. The van der Waals surface area contributed by atoms with Crippen LogP contribution in [0.5, 0.6) is 0 Å². The Morgan fingerprint density at radius 3 is 2.52 bits per heavy atom. The maximum absolute atomic E-state index is 12.5. The summed E-state index contributed by atoms with van der Waals surface area (Å²) in [5.74, 6) is 0.832. The molecule has 1 aliphatic rings. The molecule has 2 heterocycles. The van der Waals surface area contributed by atoms with Crippen LogP contribution in [0.15, 0.2) is 30.3 Å². The van der Waals surface area contributed by atoms with E-state index in [1.807, 2.05) is 22.9 Å². The van der Waals surface area contributed by atoms with Crippen molar-refractivity contribution in [3.8, 4) is 5.69 Å². The average molecular weight is 363 g/mol. The lowest BCUT2D eigenvalue weighted by Gasteiger charge is -2.14. The van der Waals surface area contributed by atoms with Crippen molar-refractivity contribution < 1.29 is 4.79 Å². The van der Waals surface area contributed by atoms with E-state index < -0.39 is 0 Å². The first kappa shape index (κ1) is 19.5. The summed E-state index contributed by atoms with van der Waals surface area (Å²) in [7, 11) is 0. The van der Waals surface area contributed by atoms with Gasteiger partial charge in [-0.2, -0.15) is 5.10 Å². The van der Waals surface area contributed by atoms with E-state index in [9.17, 15) is 4.79 Å². The summed E-state index contributed by atoms with van der Waals surface area (Å²) in [5, 5.41) is 11.1. The zero-order chi connectivity index (χ0) is 17.3. The third kappa shape index (κ3) is 4.41. The summed E-state index contributed by atoms with van der Waals surface area (Å²) in [6.07, 6.45) is 0.886. The predicted octanol–water partition coefficient (Wildman–Crippen LogP) is 3.45. The zero-order valence-corrected chi connectivity index (χ0v) is 16.1. The van der Waals surface area contributed by atoms with Gasteiger partial charge in [-0.25, -0.2) is 4.68 Å². The molecule has 136 valence electrons.